The molecule has 0 saturated heterocycles. The first-order valence-corrected chi connectivity index (χ1v) is 7.53. The van der Waals surface area contributed by atoms with Crippen LogP contribution in [0.1, 0.15) is 31.9 Å². The minimum Gasteiger partial charge on any atom is -0.310 e. The number of rotatable bonds is 6. The Hall–Kier alpha value is -1.32. The summed E-state index contributed by atoms with van der Waals surface area (Å²) in [5.74, 6) is 0. The number of nitrogens with one attached hydrogen (secondary N) is 1. The van der Waals surface area contributed by atoms with Crippen molar-refractivity contribution in [3.8, 4) is 0 Å². The molecule has 3 heteroatoms. The maximum atomic E-state index is 4.32. The third-order valence-electron chi connectivity index (χ3n) is 2.94. The minimum absolute atomic E-state index is 0.411. The Bertz CT molecular complexity index is 482. The molecule has 0 radical (unpaired) electrons. The highest BCUT2D eigenvalue weighted by atomic mass is 32.2. The molecule has 0 aliphatic heterocycles. The number of hydrogen-bond donors (Lipinski definition) is 1. The second-order valence-electron chi connectivity index (χ2n) is 4.51. The standard InChI is InChI=1S/C16H20N2S/c1-3-11-17-13(2)14-7-9-15(10-8-14)19-16-6-4-5-12-18-16/h4-10,12-13,17H,3,11H2,1-2H3. The Kier molecular flexibility index (Phi) is 5.43. The molecule has 1 atom stereocenters. The van der Waals surface area contributed by atoms with Crippen LogP contribution in [0, 0.1) is 0 Å². The number of aromatic nitrogens is 1. The van der Waals surface area contributed by atoms with Gasteiger partial charge in [0.25, 0.3) is 0 Å². The first kappa shape index (κ1) is 14.1. The first-order chi connectivity index (χ1) is 9.29. The van der Waals surface area contributed by atoms with Crippen molar-refractivity contribution < 1.29 is 0 Å². The van der Waals surface area contributed by atoms with Gasteiger partial charge < -0.3 is 5.32 Å². The van der Waals surface area contributed by atoms with Gasteiger partial charge in [-0.15, -0.1) is 0 Å². The second kappa shape index (κ2) is 7.31. The van der Waals surface area contributed by atoms with Crippen molar-refractivity contribution in [2.75, 3.05) is 6.54 Å². The van der Waals surface area contributed by atoms with E-state index in [1.54, 1.807) is 11.8 Å². The quantitative estimate of drug-likeness (QED) is 0.849. The molecule has 1 aromatic heterocycles. The fraction of sp³-hybridized carbons (Fsp3) is 0.312. The summed E-state index contributed by atoms with van der Waals surface area (Å²) in [5.41, 5.74) is 1.33. The zero-order valence-corrected chi connectivity index (χ0v) is 12.3. The molecule has 1 aromatic carbocycles. The van der Waals surface area contributed by atoms with E-state index in [9.17, 15) is 0 Å². The summed E-state index contributed by atoms with van der Waals surface area (Å²) in [5, 5.41) is 4.53. The van der Waals surface area contributed by atoms with E-state index < -0.39 is 0 Å². The van der Waals surface area contributed by atoms with Crippen LogP contribution < -0.4 is 5.32 Å². The van der Waals surface area contributed by atoms with Gasteiger partial charge in [0, 0.05) is 17.1 Å². The van der Waals surface area contributed by atoms with Crippen molar-refractivity contribution in [2.45, 2.75) is 36.2 Å². The summed E-state index contributed by atoms with van der Waals surface area (Å²) >= 11 is 1.69. The van der Waals surface area contributed by atoms with Gasteiger partial charge in [0.05, 0.1) is 0 Å². The Balaban J connectivity index is 1.98. The van der Waals surface area contributed by atoms with Crippen LogP contribution in [0.2, 0.25) is 0 Å². The summed E-state index contributed by atoms with van der Waals surface area (Å²) in [6.07, 6.45) is 2.99. The van der Waals surface area contributed by atoms with E-state index in [-0.39, 0.29) is 0 Å². The van der Waals surface area contributed by atoms with Gasteiger partial charge in [-0.25, -0.2) is 4.98 Å². The molecule has 0 aliphatic carbocycles. The Morgan fingerprint density at radius 3 is 2.58 bits per heavy atom. The van der Waals surface area contributed by atoms with Gasteiger partial charge >= 0.3 is 0 Å². The fourth-order valence-corrected chi connectivity index (χ4v) is 2.61. The summed E-state index contributed by atoms with van der Waals surface area (Å²) in [4.78, 5) is 5.55. The van der Waals surface area contributed by atoms with Crippen molar-refractivity contribution in [3.05, 3.63) is 54.2 Å². The van der Waals surface area contributed by atoms with Gasteiger partial charge in [0.15, 0.2) is 0 Å². The predicted octanol–water partition coefficient (Wildman–Crippen LogP) is 4.29. The molecule has 1 heterocycles. The van der Waals surface area contributed by atoms with Crippen LogP contribution in [0.25, 0.3) is 0 Å². The van der Waals surface area contributed by atoms with Crippen LogP contribution in [-0.2, 0) is 0 Å². The van der Waals surface area contributed by atoms with E-state index in [1.807, 2.05) is 24.4 Å². The van der Waals surface area contributed by atoms with Crippen LogP contribution in [0.4, 0.5) is 0 Å². The summed E-state index contributed by atoms with van der Waals surface area (Å²) in [6.45, 7) is 5.45. The van der Waals surface area contributed by atoms with Gasteiger partial charge in [-0.3, -0.25) is 0 Å². The number of benzene rings is 1. The minimum atomic E-state index is 0.411. The van der Waals surface area contributed by atoms with Gasteiger partial charge in [-0.05, 0) is 49.7 Å². The molecule has 1 unspecified atom stereocenters. The number of nitrogens with zero attached hydrogens (tertiary/aromatic N) is 1. The molecule has 2 rings (SSSR count). The molecule has 0 amide bonds. The highest BCUT2D eigenvalue weighted by Crippen LogP contribution is 2.26. The first-order valence-electron chi connectivity index (χ1n) is 6.72. The maximum absolute atomic E-state index is 4.32. The normalized spacial score (nSPS) is 12.3. The average molecular weight is 272 g/mol. The fourth-order valence-electron chi connectivity index (χ4n) is 1.83. The average Bonchev–Trinajstić information content (AvgIpc) is 2.46. The SMILES string of the molecule is CCCNC(C)c1ccc(Sc2ccccn2)cc1. The lowest BCUT2D eigenvalue weighted by atomic mass is 10.1. The zero-order chi connectivity index (χ0) is 13.5. The monoisotopic (exact) mass is 272 g/mol. The van der Waals surface area contributed by atoms with Gasteiger partial charge in [-0.1, -0.05) is 36.9 Å². The third kappa shape index (κ3) is 4.37. The highest BCUT2D eigenvalue weighted by molar-refractivity contribution is 7.99. The lowest BCUT2D eigenvalue weighted by molar-refractivity contribution is 0.570. The van der Waals surface area contributed by atoms with Crippen molar-refractivity contribution >= 4 is 11.8 Å². The smallest absolute Gasteiger partial charge is 0.101 e. The summed E-state index contributed by atoms with van der Waals surface area (Å²) in [6, 6.07) is 15.1. The second-order valence-corrected chi connectivity index (χ2v) is 5.61. The van der Waals surface area contributed by atoms with Crippen LogP contribution in [0.3, 0.4) is 0 Å². The molecule has 0 spiro atoms. The summed E-state index contributed by atoms with van der Waals surface area (Å²) < 4.78 is 0. The van der Waals surface area contributed by atoms with E-state index >= 15 is 0 Å². The molecule has 100 valence electrons. The van der Waals surface area contributed by atoms with Crippen LogP contribution in [-0.4, -0.2) is 11.5 Å². The van der Waals surface area contributed by atoms with Crippen molar-refractivity contribution in [3.63, 3.8) is 0 Å². The summed E-state index contributed by atoms with van der Waals surface area (Å²) in [7, 11) is 0. The lowest BCUT2D eigenvalue weighted by Crippen LogP contribution is -2.19. The zero-order valence-electron chi connectivity index (χ0n) is 11.5. The van der Waals surface area contributed by atoms with E-state index in [1.165, 1.54) is 10.5 Å². The van der Waals surface area contributed by atoms with Crippen molar-refractivity contribution in [2.24, 2.45) is 0 Å². The Morgan fingerprint density at radius 1 is 1.16 bits per heavy atom. The lowest BCUT2D eigenvalue weighted by Gasteiger charge is -2.13. The van der Waals surface area contributed by atoms with Crippen LogP contribution >= 0.6 is 11.8 Å². The van der Waals surface area contributed by atoms with Gasteiger partial charge in [0.2, 0.25) is 0 Å². The van der Waals surface area contributed by atoms with Crippen molar-refractivity contribution in [1.29, 1.82) is 0 Å². The molecule has 0 aliphatic rings. The number of pyridine rings is 1. The van der Waals surface area contributed by atoms with E-state index in [0.717, 1.165) is 18.0 Å². The largest absolute Gasteiger partial charge is 0.310 e. The maximum Gasteiger partial charge on any atom is 0.101 e. The molecule has 2 aromatic rings. The molecular formula is C16H20N2S. The topological polar surface area (TPSA) is 24.9 Å². The van der Waals surface area contributed by atoms with Gasteiger partial charge in [-0.2, -0.15) is 0 Å². The third-order valence-corrected chi connectivity index (χ3v) is 3.90. The van der Waals surface area contributed by atoms with Crippen LogP contribution in [0.15, 0.2) is 58.6 Å². The molecule has 0 fully saturated rings. The Labute approximate surface area is 119 Å². The van der Waals surface area contributed by atoms with Crippen molar-refractivity contribution in [1.82, 2.24) is 10.3 Å². The molecule has 1 N–H and O–H groups in total. The number of hydrogen-bond acceptors (Lipinski definition) is 3. The molecule has 19 heavy (non-hydrogen) atoms. The highest BCUT2D eigenvalue weighted by Gasteiger charge is 2.04. The molecule has 0 saturated carbocycles. The van der Waals surface area contributed by atoms with Crippen LogP contribution in [0.5, 0.6) is 0 Å². The van der Waals surface area contributed by atoms with Gasteiger partial charge in [0.1, 0.15) is 5.03 Å². The molecule has 0 bridgehead atoms. The van der Waals surface area contributed by atoms with E-state index in [4.69, 9.17) is 0 Å². The molecular weight excluding hydrogens is 252 g/mol. The Morgan fingerprint density at radius 2 is 1.95 bits per heavy atom. The molecule has 2 nitrogen and oxygen atoms in total. The van der Waals surface area contributed by atoms with E-state index in [0.29, 0.717) is 6.04 Å². The van der Waals surface area contributed by atoms with E-state index in [2.05, 4.69) is 48.4 Å². The predicted molar refractivity (Wildman–Crippen MR) is 81.5 cm³/mol.